The molecule has 0 aliphatic carbocycles. The van der Waals surface area contributed by atoms with Crippen molar-refractivity contribution < 1.29 is 27.1 Å². The minimum atomic E-state index is -1.07. The molecule has 1 amide bonds. The molecule has 3 aromatic carbocycles. The van der Waals surface area contributed by atoms with Gasteiger partial charge in [-0.25, -0.2) is 17.6 Å². The second-order valence-corrected chi connectivity index (χ2v) is 8.71. The van der Waals surface area contributed by atoms with Crippen molar-refractivity contribution >= 4 is 17.5 Å². The van der Waals surface area contributed by atoms with E-state index in [1.807, 2.05) is 0 Å². The Morgan fingerprint density at radius 3 is 2.14 bits per heavy atom. The number of benzene rings is 3. The zero-order valence-electron chi connectivity index (χ0n) is 18.7. The average molecular weight is 507 g/mol. The monoisotopic (exact) mass is 506 g/mol. The summed E-state index contributed by atoms with van der Waals surface area (Å²) in [5.41, 5.74) is 0.742. The van der Waals surface area contributed by atoms with E-state index in [-0.39, 0.29) is 23.6 Å². The molecular formula is C26H23ClF4N2O2. The number of piperazine rings is 1. The Morgan fingerprint density at radius 1 is 0.857 bits per heavy atom. The highest BCUT2D eigenvalue weighted by molar-refractivity contribution is 6.30. The van der Waals surface area contributed by atoms with Crippen molar-refractivity contribution in [1.82, 2.24) is 9.80 Å². The predicted octanol–water partition coefficient (Wildman–Crippen LogP) is 5.61. The van der Waals surface area contributed by atoms with Gasteiger partial charge in [0.25, 0.3) is 5.91 Å². The smallest absolute Gasteiger partial charge is 0.254 e. The second-order valence-electron chi connectivity index (χ2n) is 8.27. The molecule has 184 valence electrons. The van der Waals surface area contributed by atoms with Crippen molar-refractivity contribution in [3.63, 3.8) is 0 Å². The molecule has 1 aliphatic rings. The lowest BCUT2D eigenvalue weighted by Gasteiger charge is -2.36. The van der Waals surface area contributed by atoms with Crippen LogP contribution >= 0.6 is 11.6 Å². The van der Waals surface area contributed by atoms with Gasteiger partial charge in [0.05, 0.1) is 12.7 Å². The Balaban J connectivity index is 1.41. The number of rotatable bonds is 7. The van der Waals surface area contributed by atoms with Crippen LogP contribution in [-0.2, 0) is 11.3 Å². The van der Waals surface area contributed by atoms with Gasteiger partial charge in [-0.2, -0.15) is 0 Å². The van der Waals surface area contributed by atoms with Crippen molar-refractivity contribution in [3.8, 4) is 0 Å². The lowest BCUT2D eigenvalue weighted by Crippen LogP contribution is -2.49. The maximum absolute atomic E-state index is 14.1. The van der Waals surface area contributed by atoms with E-state index in [9.17, 15) is 22.4 Å². The largest absolute Gasteiger partial charge is 0.367 e. The van der Waals surface area contributed by atoms with Crippen LogP contribution < -0.4 is 0 Å². The molecule has 9 heteroatoms. The second kappa shape index (κ2) is 11.2. The number of carbonyl (C=O) groups is 1. The highest BCUT2D eigenvalue weighted by atomic mass is 35.5. The van der Waals surface area contributed by atoms with E-state index in [4.69, 9.17) is 16.3 Å². The summed E-state index contributed by atoms with van der Waals surface area (Å²) in [6.45, 7) is 1.96. The van der Waals surface area contributed by atoms with Crippen LogP contribution in [-0.4, -0.2) is 48.4 Å². The zero-order chi connectivity index (χ0) is 24.9. The van der Waals surface area contributed by atoms with E-state index in [0.717, 1.165) is 17.7 Å². The van der Waals surface area contributed by atoms with Gasteiger partial charge in [-0.15, -0.1) is 0 Å². The Bertz CT molecular complexity index is 1160. The van der Waals surface area contributed by atoms with E-state index in [2.05, 4.69) is 4.90 Å². The van der Waals surface area contributed by atoms with Crippen LogP contribution in [0.4, 0.5) is 17.6 Å². The third-order valence-corrected chi connectivity index (χ3v) is 6.23. The predicted molar refractivity (Wildman–Crippen MR) is 124 cm³/mol. The number of hydrogen-bond acceptors (Lipinski definition) is 3. The number of ether oxygens (including phenoxy) is 1. The molecule has 0 radical (unpaired) electrons. The molecule has 0 spiro atoms. The van der Waals surface area contributed by atoms with Crippen LogP contribution in [0.5, 0.6) is 0 Å². The quantitative estimate of drug-likeness (QED) is 0.390. The molecular weight excluding hydrogens is 484 g/mol. The van der Waals surface area contributed by atoms with Crippen molar-refractivity contribution in [1.29, 1.82) is 0 Å². The fraction of sp³-hybridized carbons (Fsp3) is 0.269. The van der Waals surface area contributed by atoms with Gasteiger partial charge in [0.15, 0.2) is 11.6 Å². The lowest BCUT2D eigenvalue weighted by molar-refractivity contribution is 0.00144. The summed E-state index contributed by atoms with van der Waals surface area (Å²) in [6.07, 6.45) is -0.500. The number of hydrogen-bond donors (Lipinski definition) is 0. The van der Waals surface area contributed by atoms with Crippen molar-refractivity contribution in [2.24, 2.45) is 0 Å². The van der Waals surface area contributed by atoms with E-state index in [1.165, 1.54) is 24.3 Å². The Morgan fingerprint density at radius 2 is 1.51 bits per heavy atom. The Hall–Kier alpha value is -2.94. The van der Waals surface area contributed by atoms with Crippen molar-refractivity contribution in [3.05, 3.63) is 106 Å². The first-order valence-electron chi connectivity index (χ1n) is 11.1. The first kappa shape index (κ1) is 25.2. The summed E-state index contributed by atoms with van der Waals surface area (Å²) in [6, 6.07) is 13.8. The van der Waals surface area contributed by atoms with Crippen molar-refractivity contribution in [2.45, 2.75) is 12.7 Å². The molecule has 0 aromatic heterocycles. The van der Waals surface area contributed by atoms with Gasteiger partial charge in [0.2, 0.25) is 0 Å². The molecule has 1 heterocycles. The summed E-state index contributed by atoms with van der Waals surface area (Å²) >= 11 is 6.01. The fourth-order valence-corrected chi connectivity index (χ4v) is 4.09. The molecule has 1 saturated heterocycles. The summed E-state index contributed by atoms with van der Waals surface area (Å²) in [5.74, 6) is -3.80. The number of amides is 1. The normalized spacial score (nSPS) is 15.3. The highest BCUT2D eigenvalue weighted by Crippen LogP contribution is 2.25. The summed E-state index contributed by atoms with van der Waals surface area (Å²) in [4.78, 5) is 16.3. The van der Waals surface area contributed by atoms with Gasteiger partial charge < -0.3 is 9.64 Å². The fourth-order valence-electron chi connectivity index (χ4n) is 3.97. The molecule has 3 aromatic rings. The molecule has 35 heavy (non-hydrogen) atoms. The van der Waals surface area contributed by atoms with Crippen LogP contribution in [0.3, 0.4) is 0 Å². The van der Waals surface area contributed by atoms with E-state index < -0.39 is 29.4 Å². The van der Waals surface area contributed by atoms with E-state index in [1.54, 1.807) is 29.2 Å². The maximum Gasteiger partial charge on any atom is 0.254 e. The highest BCUT2D eigenvalue weighted by Gasteiger charge is 2.26. The molecule has 0 bridgehead atoms. The number of carbonyl (C=O) groups excluding carboxylic acids is 1. The van der Waals surface area contributed by atoms with Gasteiger partial charge in [-0.3, -0.25) is 9.69 Å². The SMILES string of the molecule is O=C(c1ccc(F)c(F)c1)N1CCN(C[C@@H](OCc2c(F)cccc2F)c2ccc(Cl)cc2)CC1. The van der Waals surface area contributed by atoms with Gasteiger partial charge in [0.1, 0.15) is 11.6 Å². The molecule has 0 saturated carbocycles. The summed E-state index contributed by atoms with van der Waals surface area (Å²) in [5, 5.41) is 0.553. The summed E-state index contributed by atoms with van der Waals surface area (Å²) in [7, 11) is 0. The Labute approximate surface area is 205 Å². The van der Waals surface area contributed by atoms with Crippen LogP contribution in [0, 0.1) is 23.3 Å². The number of halogens is 5. The maximum atomic E-state index is 14.1. The van der Waals surface area contributed by atoms with E-state index >= 15 is 0 Å². The molecule has 4 nitrogen and oxygen atoms in total. The lowest BCUT2D eigenvalue weighted by atomic mass is 10.1. The van der Waals surface area contributed by atoms with Crippen LogP contribution in [0.1, 0.15) is 27.6 Å². The van der Waals surface area contributed by atoms with E-state index in [0.29, 0.717) is 37.7 Å². The van der Waals surface area contributed by atoms with Crippen LogP contribution in [0.25, 0.3) is 0 Å². The topological polar surface area (TPSA) is 32.8 Å². The first-order chi connectivity index (χ1) is 16.8. The molecule has 1 aliphatic heterocycles. The molecule has 0 unspecified atom stereocenters. The first-order valence-corrected chi connectivity index (χ1v) is 11.5. The van der Waals surface area contributed by atoms with Crippen molar-refractivity contribution in [2.75, 3.05) is 32.7 Å². The molecule has 4 rings (SSSR count). The number of nitrogens with zero attached hydrogens (tertiary/aromatic N) is 2. The molecule has 0 N–H and O–H groups in total. The Kier molecular flexibility index (Phi) is 8.05. The van der Waals surface area contributed by atoms with Crippen LogP contribution in [0.15, 0.2) is 60.7 Å². The van der Waals surface area contributed by atoms with Gasteiger partial charge in [0, 0.05) is 48.9 Å². The molecule has 1 fully saturated rings. The third-order valence-electron chi connectivity index (χ3n) is 5.98. The minimum absolute atomic E-state index is 0.0895. The molecule has 1 atom stereocenters. The van der Waals surface area contributed by atoms with Crippen LogP contribution in [0.2, 0.25) is 5.02 Å². The minimum Gasteiger partial charge on any atom is -0.367 e. The standard InChI is InChI=1S/C26H23ClF4N2O2/c27-19-7-4-17(5-8-19)25(35-16-20-21(28)2-1-3-22(20)29)15-32-10-12-33(13-11-32)26(34)18-6-9-23(30)24(31)14-18/h1-9,14,25H,10-13,15-16H2/t25-/m1/s1. The average Bonchev–Trinajstić information content (AvgIpc) is 2.85. The third kappa shape index (κ3) is 6.20. The van der Waals surface area contributed by atoms with Gasteiger partial charge in [-0.1, -0.05) is 29.8 Å². The van der Waals surface area contributed by atoms with Gasteiger partial charge >= 0.3 is 0 Å². The zero-order valence-corrected chi connectivity index (χ0v) is 19.5. The van der Waals surface area contributed by atoms with Gasteiger partial charge in [-0.05, 0) is 48.0 Å². The summed E-state index contributed by atoms with van der Waals surface area (Å²) < 4.78 is 60.9.